The van der Waals surface area contributed by atoms with Gasteiger partial charge >= 0.3 is 11.9 Å². The van der Waals surface area contributed by atoms with E-state index in [0.29, 0.717) is 29.6 Å². The van der Waals surface area contributed by atoms with Crippen molar-refractivity contribution in [1.82, 2.24) is 9.80 Å². The molecule has 1 heterocycles. The molecule has 0 fully saturated rings. The Morgan fingerprint density at radius 2 is 1.84 bits per heavy atom. The first-order chi connectivity index (χ1) is 11.8. The molecule has 8 nitrogen and oxygen atoms in total. The van der Waals surface area contributed by atoms with E-state index < -0.39 is 11.9 Å². The number of nitrogens with zero attached hydrogens (tertiary/aromatic N) is 2. The Morgan fingerprint density at radius 1 is 1.24 bits per heavy atom. The lowest BCUT2D eigenvalue weighted by Crippen LogP contribution is -2.43. The van der Waals surface area contributed by atoms with Gasteiger partial charge in [-0.25, -0.2) is 9.59 Å². The number of benzene rings is 1. The molecule has 2 rings (SSSR count). The van der Waals surface area contributed by atoms with E-state index in [1.54, 1.807) is 23.1 Å². The van der Waals surface area contributed by atoms with Gasteiger partial charge in [0.15, 0.2) is 6.73 Å². The maximum Gasteiger partial charge on any atom is 0.414 e. The van der Waals surface area contributed by atoms with Gasteiger partial charge in [-0.1, -0.05) is 25.4 Å². The lowest BCUT2D eigenvalue weighted by atomic mass is 10.1. The van der Waals surface area contributed by atoms with Crippen LogP contribution in [0.4, 0.5) is 0 Å². The molecule has 0 spiro atoms. The Balaban J connectivity index is 0.000000450. The summed E-state index contributed by atoms with van der Waals surface area (Å²) in [7, 11) is 0. The summed E-state index contributed by atoms with van der Waals surface area (Å²) in [4.78, 5) is 34.5. The second-order valence-electron chi connectivity index (χ2n) is 5.12. The fourth-order valence-electron chi connectivity index (χ4n) is 2.14. The van der Waals surface area contributed by atoms with Crippen LogP contribution in [0, 0.1) is 0 Å². The second kappa shape index (κ2) is 9.85. The molecule has 0 bridgehead atoms. The minimum absolute atomic E-state index is 0.00379. The standard InChI is InChI=1S/C14H19ClN2O2.C2H2O4/c1-3-16(4-2)7-8-17-10-19-13-6-5-11(15)9-12(13)14(17)18;3-1(4)2(5)6/h5-6,9H,3-4,7-8,10H2,1-2H3;(H,3,4)(H,5,6). The SMILES string of the molecule is CCN(CC)CCN1COc2ccc(Cl)cc2C1=O.O=C(O)C(=O)O. The van der Waals surface area contributed by atoms with E-state index in [1.165, 1.54) is 0 Å². The molecule has 0 aromatic heterocycles. The molecule has 138 valence electrons. The van der Waals surface area contributed by atoms with Crippen LogP contribution in [-0.2, 0) is 9.59 Å². The number of fused-ring (bicyclic) bond motifs is 1. The van der Waals surface area contributed by atoms with Gasteiger partial charge in [0.1, 0.15) is 5.75 Å². The first-order valence-electron chi connectivity index (χ1n) is 7.70. The Kier molecular flexibility index (Phi) is 8.17. The summed E-state index contributed by atoms with van der Waals surface area (Å²) in [6, 6.07) is 5.15. The summed E-state index contributed by atoms with van der Waals surface area (Å²) in [5.74, 6) is -3.03. The van der Waals surface area contributed by atoms with Crippen molar-refractivity contribution >= 4 is 29.4 Å². The third-order valence-electron chi connectivity index (χ3n) is 3.60. The minimum atomic E-state index is -1.82. The molecule has 1 aliphatic rings. The maximum atomic E-state index is 12.3. The van der Waals surface area contributed by atoms with Gasteiger partial charge in [0, 0.05) is 18.1 Å². The van der Waals surface area contributed by atoms with Crippen LogP contribution in [0.2, 0.25) is 5.02 Å². The third kappa shape index (κ3) is 6.24. The highest BCUT2D eigenvalue weighted by atomic mass is 35.5. The van der Waals surface area contributed by atoms with E-state index in [1.807, 2.05) is 0 Å². The predicted octanol–water partition coefficient (Wildman–Crippen LogP) is 1.63. The molecule has 0 aliphatic carbocycles. The minimum Gasteiger partial charge on any atom is -0.473 e. The van der Waals surface area contributed by atoms with Crippen molar-refractivity contribution < 1.29 is 29.3 Å². The molecule has 0 atom stereocenters. The number of carbonyl (C=O) groups excluding carboxylic acids is 1. The number of hydrogen-bond donors (Lipinski definition) is 2. The summed E-state index contributed by atoms with van der Waals surface area (Å²) in [5.41, 5.74) is 0.554. The summed E-state index contributed by atoms with van der Waals surface area (Å²) in [5, 5.41) is 15.3. The fourth-order valence-corrected chi connectivity index (χ4v) is 2.31. The zero-order valence-corrected chi connectivity index (χ0v) is 14.8. The number of carboxylic acids is 2. The highest BCUT2D eigenvalue weighted by Crippen LogP contribution is 2.27. The van der Waals surface area contributed by atoms with Gasteiger partial charge in [0.2, 0.25) is 0 Å². The summed E-state index contributed by atoms with van der Waals surface area (Å²) >= 11 is 5.93. The molecule has 0 saturated carbocycles. The van der Waals surface area contributed by atoms with E-state index >= 15 is 0 Å². The van der Waals surface area contributed by atoms with Gasteiger partial charge in [0.25, 0.3) is 5.91 Å². The normalized spacial score (nSPS) is 12.8. The van der Waals surface area contributed by atoms with E-state index in [2.05, 4.69) is 18.7 Å². The van der Waals surface area contributed by atoms with Crippen molar-refractivity contribution in [2.45, 2.75) is 13.8 Å². The van der Waals surface area contributed by atoms with E-state index in [-0.39, 0.29) is 5.91 Å². The number of ether oxygens (including phenoxy) is 1. The summed E-state index contributed by atoms with van der Waals surface area (Å²) < 4.78 is 5.59. The molecule has 1 aromatic rings. The third-order valence-corrected chi connectivity index (χ3v) is 3.83. The van der Waals surface area contributed by atoms with E-state index in [9.17, 15) is 4.79 Å². The number of carboxylic acid groups (broad SMARTS) is 2. The molecule has 0 saturated heterocycles. The molecule has 25 heavy (non-hydrogen) atoms. The largest absolute Gasteiger partial charge is 0.473 e. The Hall–Kier alpha value is -2.32. The van der Waals surface area contributed by atoms with Gasteiger partial charge in [0.05, 0.1) is 5.56 Å². The zero-order valence-electron chi connectivity index (χ0n) is 14.1. The van der Waals surface area contributed by atoms with Crippen molar-refractivity contribution in [3.05, 3.63) is 28.8 Å². The molecule has 1 amide bonds. The molecular weight excluding hydrogens is 352 g/mol. The zero-order chi connectivity index (χ0) is 19.0. The molecule has 9 heteroatoms. The molecular formula is C16H21ClN2O6. The molecule has 0 unspecified atom stereocenters. The van der Waals surface area contributed by atoms with Gasteiger partial charge < -0.3 is 24.7 Å². The van der Waals surface area contributed by atoms with Gasteiger partial charge in [-0.2, -0.15) is 0 Å². The van der Waals surface area contributed by atoms with Crippen molar-refractivity contribution in [1.29, 1.82) is 0 Å². The fraction of sp³-hybridized carbons (Fsp3) is 0.438. The van der Waals surface area contributed by atoms with Crippen molar-refractivity contribution in [2.75, 3.05) is 32.9 Å². The molecule has 0 radical (unpaired) electrons. The van der Waals surface area contributed by atoms with Crippen molar-refractivity contribution in [3.63, 3.8) is 0 Å². The molecule has 2 N–H and O–H groups in total. The first kappa shape index (κ1) is 20.7. The highest BCUT2D eigenvalue weighted by Gasteiger charge is 2.25. The quantitative estimate of drug-likeness (QED) is 0.756. The Bertz CT molecular complexity index is 621. The van der Waals surface area contributed by atoms with E-state index in [0.717, 1.165) is 19.6 Å². The van der Waals surface area contributed by atoms with Crippen LogP contribution in [0.25, 0.3) is 0 Å². The number of amides is 1. The lowest BCUT2D eigenvalue weighted by Gasteiger charge is -2.30. The Labute approximate surface area is 150 Å². The number of carbonyl (C=O) groups is 3. The van der Waals surface area contributed by atoms with Crippen LogP contribution >= 0.6 is 11.6 Å². The van der Waals surface area contributed by atoms with Gasteiger partial charge in [-0.3, -0.25) is 4.79 Å². The first-order valence-corrected chi connectivity index (χ1v) is 8.08. The number of aliphatic carboxylic acids is 2. The van der Waals surface area contributed by atoms with Crippen LogP contribution in [0.3, 0.4) is 0 Å². The van der Waals surface area contributed by atoms with Crippen molar-refractivity contribution in [3.8, 4) is 5.75 Å². The summed E-state index contributed by atoms with van der Waals surface area (Å²) in [6.07, 6.45) is 0. The number of halogens is 1. The lowest BCUT2D eigenvalue weighted by molar-refractivity contribution is -0.159. The number of hydrogen-bond acceptors (Lipinski definition) is 5. The molecule has 1 aromatic carbocycles. The maximum absolute atomic E-state index is 12.3. The van der Waals surface area contributed by atoms with Crippen molar-refractivity contribution in [2.24, 2.45) is 0 Å². The Morgan fingerprint density at radius 3 is 2.36 bits per heavy atom. The number of rotatable bonds is 5. The van der Waals surface area contributed by atoms with Crippen LogP contribution < -0.4 is 4.74 Å². The van der Waals surface area contributed by atoms with Gasteiger partial charge in [-0.05, 0) is 31.3 Å². The molecule has 1 aliphatic heterocycles. The summed E-state index contributed by atoms with van der Waals surface area (Å²) in [6.45, 7) is 8.06. The van der Waals surface area contributed by atoms with Gasteiger partial charge in [-0.15, -0.1) is 0 Å². The van der Waals surface area contributed by atoms with Crippen LogP contribution in [0.5, 0.6) is 5.75 Å². The number of likely N-dealkylation sites (N-methyl/N-ethyl adjacent to an activating group) is 1. The second-order valence-corrected chi connectivity index (χ2v) is 5.56. The average molecular weight is 373 g/mol. The predicted molar refractivity (Wildman–Crippen MR) is 91.0 cm³/mol. The monoisotopic (exact) mass is 372 g/mol. The van der Waals surface area contributed by atoms with Crippen LogP contribution in [0.1, 0.15) is 24.2 Å². The van der Waals surface area contributed by atoms with Crippen LogP contribution in [0.15, 0.2) is 18.2 Å². The van der Waals surface area contributed by atoms with Crippen LogP contribution in [-0.4, -0.2) is 70.8 Å². The van der Waals surface area contributed by atoms with E-state index in [4.69, 9.17) is 36.1 Å². The topological polar surface area (TPSA) is 107 Å². The highest BCUT2D eigenvalue weighted by molar-refractivity contribution is 6.31. The average Bonchev–Trinajstić information content (AvgIpc) is 2.58. The smallest absolute Gasteiger partial charge is 0.414 e.